The Morgan fingerprint density at radius 2 is 1.65 bits per heavy atom. The quantitative estimate of drug-likeness (QED) is 0.399. The van der Waals surface area contributed by atoms with Crippen molar-refractivity contribution >= 4 is 17.5 Å². The summed E-state index contributed by atoms with van der Waals surface area (Å²) in [4.78, 5) is 29.1. The molecular weight excluding hydrogens is 504 g/mol. The van der Waals surface area contributed by atoms with Crippen LogP contribution in [-0.2, 0) is 23.2 Å². The summed E-state index contributed by atoms with van der Waals surface area (Å²) in [5.74, 6) is 1.78. The van der Waals surface area contributed by atoms with Gasteiger partial charge in [0.25, 0.3) is 5.91 Å². The Morgan fingerprint density at radius 1 is 0.875 bits per heavy atom. The van der Waals surface area contributed by atoms with Gasteiger partial charge in [0, 0.05) is 22.9 Å². The molecule has 7 heteroatoms. The highest BCUT2D eigenvalue weighted by molar-refractivity contribution is 6.11. The summed E-state index contributed by atoms with van der Waals surface area (Å²) in [6.07, 6.45) is 1.89. The lowest BCUT2D eigenvalue weighted by Crippen LogP contribution is -2.42. The van der Waals surface area contributed by atoms with E-state index >= 15 is 0 Å². The lowest BCUT2D eigenvalue weighted by Gasteiger charge is -2.23. The third-order valence-corrected chi connectivity index (χ3v) is 8.64. The molecule has 2 atom stereocenters. The van der Waals surface area contributed by atoms with Crippen molar-refractivity contribution < 1.29 is 23.8 Å². The Kier molecular flexibility index (Phi) is 4.98. The molecule has 2 amide bonds. The van der Waals surface area contributed by atoms with E-state index in [0.29, 0.717) is 29.4 Å². The van der Waals surface area contributed by atoms with Crippen LogP contribution in [0.1, 0.15) is 50.6 Å². The largest absolute Gasteiger partial charge is 0.491 e. The molecule has 0 aromatic heterocycles. The van der Waals surface area contributed by atoms with Crippen LogP contribution in [0.5, 0.6) is 17.2 Å². The fourth-order valence-electron chi connectivity index (χ4n) is 6.61. The molecule has 0 saturated heterocycles. The van der Waals surface area contributed by atoms with E-state index in [0.717, 1.165) is 35.2 Å². The summed E-state index contributed by atoms with van der Waals surface area (Å²) in [6.45, 7) is 0.764. The van der Waals surface area contributed by atoms with Crippen LogP contribution >= 0.6 is 0 Å². The standard InChI is InChI=1S/C33H26N2O5/c36-31(34-26-14-13-21-5-1-2-6-23(21)26)22-11-9-20(10-12-22)17-35-27-8-4-3-7-24(27)33(32(35)37)18-38-28-16-30-29(15-25(28)33)39-19-40-30/h1-12,15-16,26H,13-14,17-19H2,(H,34,36). The molecular formula is C33H26N2O5. The minimum absolute atomic E-state index is 0.0342. The maximum atomic E-state index is 14.2. The van der Waals surface area contributed by atoms with Crippen LogP contribution in [0.3, 0.4) is 0 Å². The van der Waals surface area contributed by atoms with Gasteiger partial charge >= 0.3 is 0 Å². The van der Waals surface area contributed by atoms with Gasteiger partial charge in [-0.25, -0.2) is 0 Å². The van der Waals surface area contributed by atoms with Crippen LogP contribution in [0.2, 0.25) is 0 Å². The molecule has 0 fully saturated rings. The number of para-hydroxylation sites is 1. The minimum atomic E-state index is -0.940. The number of rotatable bonds is 4. The van der Waals surface area contributed by atoms with Crippen molar-refractivity contribution in [3.8, 4) is 17.2 Å². The summed E-state index contributed by atoms with van der Waals surface area (Å²) in [5, 5.41) is 3.19. The Bertz CT molecular complexity index is 1700. The Morgan fingerprint density at radius 3 is 2.52 bits per heavy atom. The molecule has 3 heterocycles. The Labute approximate surface area is 231 Å². The number of aryl methyl sites for hydroxylation is 1. The van der Waals surface area contributed by atoms with Gasteiger partial charge in [0.05, 0.1) is 12.6 Å². The van der Waals surface area contributed by atoms with E-state index in [1.54, 1.807) is 0 Å². The van der Waals surface area contributed by atoms with Gasteiger partial charge in [-0.1, -0.05) is 54.6 Å². The van der Waals surface area contributed by atoms with Crippen LogP contribution in [0, 0.1) is 0 Å². The first-order chi connectivity index (χ1) is 19.6. The number of anilines is 1. The first-order valence-corrected chi connectivity index (χ1v) is 13.6. The average Bonchev–Trinajstić information content (AvgIpc) is 3.76. The zero-order valence-corrected chi connectivity index (χ0v) is 21.7. The predicted octanol–water partition coefficient (Wildman–Crippen LogP) is 5.06. The number of amides is 2. The molecule has 40 heavy (non-hydrogen) atoms. The molecule has 0 bridgehead atoms. The van der Waals surface area contributed by atoms with E-state index in [1.165, 1.54) is 11.1 Å². The van der Waals surface area contributed by atoms with Crippen molar-refractivity contribution in [2.24, 2.45) is 0 Å². The molecule has 7 nitrogen and oxygen atoms in total. The average molecular weight is 531 g/mol. The van der Waals surface area contributed by atoms with Crippen LogP contribution < -0.4 is 24.4 Å². The van der Waals surface area contributed by atoms with Crippen LogP contribution in [0.4, 0.5) is 5.69 Å². The third kappa shape index (κ3) is 3.30. The zero-order chi connectivity index (χ0) is 26.8. The van der Waals surface area contributed by atoms with Gasteiger partial charge in [-0.2, -0.15) is 0 Å². The number of nitrogens with one attached hydrogen (secondary N) is 1. The normalized spacial score (nSPS) is 21.2. The third-order valence-electron chi connectivity index (χ3n) is 8.64. The van der Waals surface area contributed by atoms with Crippen molar-refractivity contribution in [3.05, 3.63) is 118 Å². The van der Waals surface area contributed by atoms with Crippen LogP contribution in [-0.4, -0.2) is 25.2 Å². The monoisotopic (exact) mass is 530 g/mol. The summed E-state index contributed by atoms with van der Waals surface area (Å²) in [5.41, 5.74) is 5.70. The Balaban J connectivity index is 1.06. The van der Waals surface area contributed by atoms with E-state index in [4.69, 9.17) is 14.2 Å². The molecule has 8 rings (SSSR count). The highest BCUT2D eigenvalue weighted by Crippen LogP contribution is 2.55. The van der Waals surface area contributed by atoms with E-state index in [1.807, 2.05) is 77.7 Å². The van der Waals surface area contributed by atoms with Gasteiger partial charge in [-0.15, -0.1) is 0 Å². The maximum Gasteiger partial charge on any atom is 0.251 e. The highest BCUT2D eigenvalue weighted by atomic mass is 16.7. The molecule has 3 aliphatic heterocycles. The van der Waals surface area contributed by atoms with Crippen LogP contribution in [0.25, 0.3) is 0 Å². The number of hydrogen-bond donors (Lipinski definition) is 1. The molecule has 1 aliphatic carbocycles. The predicted molar refractivity (Wildman–Crippen MR) is 148 cm³/mol. The summed E-state index contributed by atoms with van der Waals surface area (Å²) < 4.78 is 17.2. The first-order valence-electron chi connectivity index (χ1n) is 13.6. The zero-order valence-electron chi connectivity index (χ0n) is 21.7. The van der Waals surface area contributed by atoms with Gasteiger partial charge in [0.1, 0.15) is 17.8 Å². The van der Waals surface area contributed by atoms with Gasteiger partial charge < -0.3 is 24.4 Å². The van der Waals surface area contributed by atoms with E-state index in [9.17, 15) is 9.59 Å². The number of nitrogens with zero attached hydrogens (tertiary/aromatic N) is 1. The molecule has 1 N–H and O–H groups in total. The van der Waals surface area contributed by atoms with Gasteiger partial charge in [0.2, 0.25) is 12.7 Å². The molecule has 0 radical (unpaired) electrons. The van der Waals surface area contributed by atoms with Crippen molar-refractivity contribution in [1.82, 2.24) is 5.32 Å². The van der Waals surface area contributed by atoms with Crippen molar-refractivity contribution in [1.29, 1.82) is 0 Å². The molecule has 4 aromatic carbocycles. The second-order valence-electron chi connectivity index (χ2n) is 10.8. The van der Waals surface area contributed by atoms with Crippen molar-refractivity contribution in [2.45, 2.75) is 30.8 Å². The maximum absolute atomic E-state index is 14.2. The minimum Gasteiger partial charge on any atom is -0.491 e. The fraction of sp³-hybridized carbons (Fsp3) is 0.212. The topological polar surface area (TPSA) is 77.1 Å². The second kappa shape index (κ2) is 8.61. The second-order valence-corrected chi connectivity index (χ2v) is 10.8. The fourth-order valence-corrected chi connectivity index (χ4v) is 6.61. The smallest absolute Gasteiger partial charge is 0.251 e. The number of fused-ring (bicyclic) bond motifs is 6. The number of hydrogen-bond acceptors (Lipinski definition) is 5. The van der Waals surface area contributed by atoms with Crippen LogP contribution in [0.15, 0.2) is 84.9 Å². The molecule has 4 aliphatic rings. The summed E-state index contributed by atoms with van der Waals surface area (Å²) >= 11 is 0. The van der Waals surface area contributed by atoms with E-state index < -0.39 is 5.41 Å². The lowest BCUT2D eigenvalue weighted by molar-refractivity contribution is -0.122. The lowest BCUT2D eigenvalue weighted by atomic mass is 9.77. The van der Waals surface area contributed by atoms with Gasteiger partial charge in [0.15, 0.2) is 11.5 Å². The molecule has 198 valence electrons. The van der Waals surface area contributed by atoms with E-state index in [2.05, 4.69) is 17.4 Å². The highest BCUT2D eigenvalue weighted by Gasteiger charge is 2.57. The van der Waals surface area contributed by atoms with Gasteiger partial charge in [-0.3, -0.25) is 9.59 Å². The molecule has 4 aromatic rings. The Hall–Kier alpha value is -4.78. The number of carbonyl (C=O) groups excluding carboxylic acids is 2. The van der Waals surface area contributed by atoms with Crippen molar-refractivity contribution in [2.75, 3.05) is 18.3 Å². The molecule has 2 unspecified atom stereocenters. The number of ether oxygens (including phenoxy) is 3. The molecule has 0 saturated carbocycles. The number of benzene rings is 4. The summed E-state index contributed by atoms with van der Waals surface area (Å²) in [7, 11) is 0. The molecule has 1 spiro atoms. The number of carbonyl (C=O) groups is 2. The van der Waals surface area contributed by atoms with E-state index in [-0.39, 0.29) is 31.3 Å². The summed E-state index contributed by atoms with van der Waals surface area (Å²) in [6, 6.07) is 27.4. The SMILES string of the molecule is O=C(NC1CCc2ccccc21)c1ccc(CN2C(=O)C3(COc4cc5c(cc43)OCO5)c3ccccc32)cc1. The first kappa shape index (κ1) is 23.1. The van der Waals surface area contributed by atoms with Crippen molar-refractivity contribution in [3.63, 3.8) is 0 Å². The van der Waals surface area contributed by atoms with Gasteiger partial charge in [-0.05, 0) is 59.4 Å².